The highest BCUT2D eigenvalue weighted by Crippen LogP contribution is 2.63. The lowest BCUT2D eigenvalue weighted by Crippen LogP contribution is -2.64. The van der Waals surface area contributed by atoms with Crippen LogP contribution in [0.4, 0.5) is 0 Å². The quantitative estimate of drug-likeness (QED) is 0.279. The van der Waals surface area contributed by atoms with Crippen LogP contribution in [0.1, 0.15) is 17.5 Å². The minimum absolute atomic E-state index is 0.107. The molecule has 0 saturated carbocycles. The van der Waals surface area contributed by atoms with E-state index in [-0.39, 0.29) is 29.2 Å². The maximum Gasteiger partial charge on any atom is 0.335 e. The number of carbonyl (C=O) groups is 1. The predicted octanol–water partition coefficient (Wildman–Crippen LogP) is -1.53. The number of ether oxygens (including phenoxy) is 3. The van der Waals surface area contributed by atoms with Gasteiger partial charge in [0.05, 0.1) is 0 Å². The Morgan fingerprint density at radius 3 is 2.68 bits per heavy atom. The average molecular weight is 477 g/mol. The molecule has 0 radical (unpaired) electrons. The lowest BCUT2D eigenvalue weighted by atomic mass is 9.53. The summed E-state index contributed by atoms with van der Waals surface area (Å²) in [6.45, 7) is 0.818. The molecule has 3 aliphatic heterocycles. The van der Waals surface area contributed by atoms with Crippen molar-refractivity contribution in [3.63, 3.8) is 0 Å². The molecule has 0 aromatic heterocycles. The maximum absolute atomic E-state index is 11.4. The molecule has 1 aromatic carbocycles. The third-order valence-electron chi connectivity index (χ3n) is 8.28. The third-order valence-corrected chi connectivity index (χ3v) is 8.28. The minimum atomic E-state index is -1.85. The number of aromatic hydroxyl groups is 1. The molecule has 2 saturated heterocycles. The van der Waals surface area contributed by atoms with E-state index in [2.05, 4.69) is 18.0 Å². The average Bonchev–Trinajstić information content (AvgIpc) is 3.15. The van der Waals surface area contributed by atoms with Crippen molar-refractivity contribution in [1.82, 2.24) is 4.90 Å². The van der Waals surface area contributed by atoms with Gasteiger partial charge in [0.1, 0.15) is 30.5 Å². The van der Waals surface area contributed by atoms with Crippen LogP contribution in [-0.2, 0) is 21.4 Å². The van der Waals surface area contributed by atoms with Gasteiger partial charge in [-0.25, -0.2) is 4.79 Å². The van der Waals surface area contributed by atoms with Crippen molar-refractivity contribution in [2.45, 2.75) is 67.2 Å². The number of carboxylic acid groups (broad SMARTS) is 1. The first-order valence-electron chi connectivity index (χ1n) is 11.4. The summed E-state index contributed by atoms with van der Waals surface area (Å²) >= 11 is 0. The van der Waals surface area contributed by atoms with Crippen LogP contribution >= 0.6 is 0 Å². The second kappa shape index (κ2) is 7.30. The lowest BCUT2D eigenvalue weighted by Gasteiger charge is -2.56. The van der Waals surface area contributed by atoms with Crippen LogP contribution in [0.15, 0.2) is 18.2 Å². The molecule has 5 aliphatic rings. The summed E-state index contributed by atoms with van der Waals surface area (Å²) in [5, 5.41) is 61.5. The third kappa shape index (κ3) is 2.70. The number of aliphatic hydroxyl groups is 4. The number of phenols is 1. The fourth-order valence-corrected chi connectivity index (χ4v) is 6.65. The predicted molar refractivity (Wildman–Crippen MR) is 113 cm³/mol. The Bertz CT molecular complexity index is 1080. The number of likely N-dealkylation sites (N-methyl/N-ethyl adjacent to an activating group) is 1. The zero-order chi connectivity index (χ0) is 24.1. The SMILES string of the molecule is CN1CC[C@]23c4c5cc(OC6O[C@H](C(=O)O)[C@@H](O)[C@H](O)[C@H]6O)c(O)c4O[C@H]2[C@@H](O)C=C[C@H]3[C@H]1C5. The standard InChI is InChI=1S/C23H27NO10/c1-24-5-4-23-9-2-3-11(25)20(23)33-18-13(23)8(6-10(9)24)7-12(14(18)26)32-22-17(29)15(27)16(28)19(34-22)21(30)31/h2-3,7,9-11,15-17,19-20,22,25-29H,4-6H2,1H3,(H,30,31)/t9-,10+,11-,15-,16-,17+,19-,20-,22?,23-/m0/s1. The summed E-state index contributed by atoms with van der Waals surface area (Å²) in [7, 11) is 2.05. The fraction of sp³-hybridized carbons (Fsp3) is 0.609. The zero-order valence-electron chi connectivity index (χ0n) is 18.3. The van der Waals surface area contributed by atoms with Crippen LogP contribution in [0.3, 0.4) is 0 Å². The van der Waals surface area contributed by atoms with Crippen LogP contribution in [0.2, 0.25) is 0 Å². The molecule has 184 valence electrons. The van der Waals surface area contributed by atoms with Gasteiger partial charge in [-0.1, -0.05) is 12.2 Å². The second-order valence-electron chi connectivity index (χ2n) is 9.92. The Labute approximate surface area is 194 Å². The fourth-order valence-electron chi connectivity index (χ4n) is 6.65. The summed E-state index contributed by atoms with van der Waals surface area (Å²) in [4.78, 5) is 13.7. The molecule has 11 heteroatoms. The molecule has 3 heterocycles. The highest BCUT2D eigenvalue weighted by atomic mass is 16.7. The normalized spacial score (nSPS) is 44.3. The Morgan fingerprint density at radius 2 is 1.94 bits per heavy atom. The zero-order valence-corrected chi connectivity index (χ0v) is 18.3. The molecule has 34 heavy (non-hydrogen) atoms. The van der Waals surface area contributed by atoms with E-state index in [0.717, 1.165) is 24.1 Å². The molecule has 10 atom stereocenters. The van der Waals surface area contributed by atoms with E-state index in [0.29, 0.717) is 6.42 Å². The maximum atomic E-state index is 11.4. The Hall–Kier alpha value is -2.41. The van der Waals surface area contributed by atoms with Gasteiger partial charge in [0, 0.05) is 22.9 Å². The number of rotatable bonds is 3. The van der Waals surface area contributed by atoms with E-state index in [1.54, 1.807) is 12.1 Å². The topological polar surface area (TPSA) is 169 Å². The van der Waals surface area contributed by atoms with Crippen molar-refractivity contribution in [3.8, 4) is 17.2 Å². The molecule has 2 bridgehead atoms. The molecule has 2 aliphatic carbocycles. The van der Waals surface area contributed by atoms with E-state index in [9.17, 15) is 35.4 Å². The molecule has 1 aromatic rings. The number of hydrogen-bond acceptors (Lipinski definition) is 10. The van der Waals surface area contributed by atoms with Gasteiger partial charge in [0.15, 0.2) is 17.6 Å². The highest BCUT2D eigenvalue weighted by Gasteiger charge is 2.64. The number of benzene rings is 1. The smallest absolute Gasteiger partial charge is 0.335 e. The molecule has 11 nitrogen and oxygen atoms in total. The summed E-state index contributed by atoms with van der Waals surface area (Å²) < 4.78 is 17.1. The first-order chi connectivity index (χ1) is 16.1. The van der Waals surface area contributed by atoms with E-state index >= 15 is 0 Å². The number of aliphatic hydroxyl groups excluding tert-OH is 4. The first kappa shape index (κ1) is 22.1. The lowest BCUT2D eigenvalue weighted by molar-refractivity contribution is -0.271. The van der Waals surface area contributed by atoms with Crippen molar-refractivity contribution in [2.24, 2.45) is 5.92 Å². The van der Waals surface area contributed by atoms with Crippen molar-refractivity contribution in [2.75, 3.05) is 13.6 Å². The number of piperidine rings is 1. The van der Waals surface area contributed by atoms with E-state index in [1.807, 2.05) is 0 Å². The van der Waals surface area contributed by atoms with E-state index in [4.69, 9.17) is 14.2 Å². The summed E-state index contributed by atoms with van der Waals surface area (Å²) in [6, 6.07) is 1.77. The largest absolute Gasteiger partial charge is 0.502 e. The monoisotopic (exact) mass is 477 g/mol. The van der Waals surface area contributed by atoms with Crippen LogP contribution < -0.4 is 9.47 Å². The van der Waals surface area contributed by atoms with Gasteiger partial charge in [0.25, 0.3) is 0 Å². The number of aliphatic carboxylic acids is 1. The van der Waals surface area contributed by atoms with Gasteiger partial charge in [0.2, 0.25) is 12.0 Å². The second-order valence-corrected chi connectivity index (χ2v) is 9.92. The number of nitrogens with zero attached hydrogens (tertiary/aromatic N) is 1. The van der Waals surface area contributed by atoms with E-state index in [1.165, 1.54) is 0 Å². The van der Waals surface area contributed by atoms with Crippen LogP contribution in [0.25, 0.3) is 0 Å². The molecule has 6 N–H and O–H groups in total. The molecule has 1 spiro atoms. The van der Waals surface area contributed by atoms with Gasteiger partial charge in [-0.05, 0) is 38.1 Å². The number of carboxylic acids is 1. The first-order valence-corrected chi connectivity index (χ1v) is 11.4. The summed E-state index contributed by atoms with van der Waals surface area (Å²) in [6.07, 6.45) is -5.19. The van der Waals surface area contributed by atoms with Gasteiger partial charge in [-0.3, -0.25) is 0 Å². The van der Waals surface area contributed by atoms with Gasteiger partial charge < -0.3 is 49.7 Å². The Kier molecular flexibility index (Phi) is 4.74. The molecule has 1 unspecified atom stereocenters. The van der Waals surface area contributed by atoms with Crippen molar-refractivity contribution in [3.05, 3.63) is 29.3 Å². The summed E-state index contributed by atoms with van der Waals surface area (Å²) in [5.74, 6) is -1.68. The Balaban J connectivity index is 1.42. The molecular weight excluding hydrogens is 450 g/mol. The van der Waals surface area contributed by atoms with Crippen molar-refractivity contribution >= 4 is 5.97 Å². The number of likely N-dealkylation sites (tertiary alicyclic amines) is 1. The van der Waals surface area contributed by atoms with Gasteiger partial charge in [-0.2, -0.15) is 0 Å². The van der Waals surface area contributed by atoms with Gasteiger partial charge in [-0.15, -0.1) is 0 Å². The van der Waals surface area contributed by atoms with Crippen LogP contribution in [0, 0.1) is 5.92 Å². The van der Waals surface area contributed by atoms with Gasteiger partial charge >= 0.3 is 5.97 Å². The van der Waals surface area contributed by atoms with Crippen molar-refractivity contribution < 1.29 is 49.6 Å². The van der Waals surface area contributed by atoms with Crippen LogP contribution in [0.5, 0.6) is 17.2 Å². The number of phenolic OH excluding ortho intramolecular Hbond substituents is 1. The molecular formula is C23H27NO10. The molecule has 2 fully saturated rings. The summed E-state index contributed by atoms with van der Waals surface area (Å²) in [5.41, 5.74) is 1.23. The molecule has 6 rings (SSSR count). The van der Waals surface area contributed by atoms with Crippen LogP contribution in [-0.4, -0.2) is 104 Å². The Morgan fingerprint density at radius 1 is 1.18 bits per heavy atom. The van der Waals surface area contributed by atoms with E-state index < -0.39 is 54.3 Å². The molecule has 0 amide bonds. The minimum Gasteiger partial charge on any atom is -0.502 e. The number of hydrogen-bond donors (Lipinski definition) is 6. The highest BCUT2D eigenvalue weighted by molar-refractivity contribution is 5.73. The van der Waals surface area contributed by atoms with Crippen molar-refractivity contribution in [1.29, 1.82) is 0 Å².